The second-order valence-electron chi connectivity index (χ2n) is 5.75. The van der Waals surface area contributed by atoms with Gasteiger partial charge in [-0.15, -0.1) is 0 Å². The summed E-state index contributed by atoms with van der Waals surface area (Å²) in [6.07, 6.45) is 1.91. The topological polar surface area (TPSA) is 82.8 Å². The molecule has 0 bridgehead atoms. The van der Waals surface area contributed by atoms with Crippen molar-refractivity contribution in [2.75, 3.05) is 26.6 Å². The molecule has 0 saturated carbocycles. The molecule has 7 nitrogen and oxygen atoms in total. The van der Waals surface area contributed by atoms with Gasteiger partial charge in [-0.2, -0.15) is 0 Å². The fraction of sp³-hybridized carbons (Fsp3) is 0.200. The fourth-order valence-corrected chi connectivity index (χ4v) is 2.85. The average molecular weight is 403 g/mol. The Labute approximate surface area is 167 Å². The molecule has 0 aliphatic rings. The van der Waals surface area contributed by atoms with Gasteiger partial charge in [-0.1, -0.05) is 11.6 Å². The summed E-state index contributed by atoms with van der Waals surface area (Å²) in [6, 6.07) is 10.2. The van der Waals surface area contributed by atoms with Crippen molar-refractivity contribution in [3.8, 4) is 17.2 Å². The number of methoxy groups -OCH3 is 3. The molecule has 28 heavy (non-hydrogen) atoms. The number of aromatic nitrogens is 1. The van der Waals surface area contributed by atoms with Gasteiger partial charge in [0.1, 0.15) is 23.0 Å². The van der Waals surface area contributed by atoms with Crippen LogP contribution in [0.3, 0.4) is 0 Å². The summed E-state index contributed by atoms with van der Waals surface area (Å²) in [7, 11) is 4.70. The molecule has 1 N–H and O–H groups in total. The highest BCUT2D eigenvalue weighted by molar-refractivity contribution is 6.32. The molecule has 0 spiro atoms. The molecule has 1 aromatic carbocycles. The molecular weight excluding hydrogens is 384 g/mol. The smallest absolute Gasteiger partial charge is 0.291 e. The van der Waals surface area contributed by atoms with Crippen LogP contribution in [0.2, 0.25) is 5.15 Å². The van der Waals surface area contributed by atoms with Crippen LogP contribution in [0.15, 0.2) is 47.0 Å². The number of benzene rings is 1. The van der Waals surface area contributed by atoms with Crippen LogP contribution in [-0.4, -0.2) is 32.2 Å². The molecule has 0 aliphatic heterocycles. The van der Waals surface area contributed by atoms with Crippen LogP contribution in [0.25, 0.3) is 0 Å². The molecule has 0 saturated heterocycles. The normalized spacial score (nSPS) is 10.4. The van der Waals surface area contributed by atoms with Crippen molar-refractivity contribution in [1.82, 2.24) is 4.98 Å². The number of furan rings is 1. The summed E-state index contributed by atoms with van der Waals surface area (Å²) in [5.74, 6) is 2.12. The number of ether oxygens (including phenoxy) is 3. The van der Waals surface area contributed by atoms with E-state index in [2.05, 4.69) is 10.3 Å². The Bertz CT molecular complexity index is 961. The third kappa shape index (κ3) is 4.20. The van der Waals surface area contributed by atoms with Crippen molar-refractivity contribution in [3.63, 3.8) is 0 Å². The number of anilines is 1. The van der Waals surface area contributed by atoms with Crippen LogP contribution in [0, 0.1) is 0 Å². The van der Waals surface area contributed by atoms with E-state index in [1.54, 1.807) is 63.9 Å². The number of nitrogens with zero attached hydrogens (tertiary/aromatic N) is 1. The van der Waals surface area contributed by atoms with Gasteiger partial charge in [0.05, 0.1) is 27.0 Å². The molecule has 2 aromatic heterocycles. The van der Waals surface area contributed by atoms with Gasteiger partial charge >= 0.3 is 0 Å². The molecule has 0 atom stereocenters. The number of halogens is 1. The van der Waals surface area contributed by atoms with Gasteiger partial charge in [-0.05, 0) is 24.3 Å². The van der Waals surface area contributed by atoms with E-state index in [0.29, 0.717) is 35.1 Å². The van der Waals surface area contributed by atoms with Gasteiger partial charge < -0.3 is 23.9 Å². The second kappa shape index (κ2) is 8.67. The third-order valence-electron chi connectivity index (χ3n) is 4.06. The Morgan fingerprint density at radius 3 is 2.43 bits per heavy atom. The highest BCUT2D eigenvalue weighted by Crippen LogP contribution is 2.36. The maximum atomic E-state index is 12.4. The van der Waals surface area contributed by atoms with Crippen molar-refractivity contribution in [2.45, 2.75) is 6.42 Å². The Kier molecular flexibility index (Phi) is 6.06. The SMILES string of the molecule is COc1cc(OC)c(Cc2ccc(C(=O)Nc3cccnc3Cl)o2)c(OC)c1. The number of rotatable bonds is 7. The minimum Gasteiger partial charge on any atom is -0.496 e. The minimum absolute atomic E-state index is 0.154. The Morgan fingerprint density at radius 2 is 1.82 bits per heavy atom. The van der Waals surface area contributed by atoms with Crippen molar-refractivity contribution in [1.29, 1.82) is 0 Å². The first-order valence-electron chi connectivity index (χ1n) is 8.35. The molecular formula is C20H19ClN2O5. The predicted octanol–water partition coefficient (Wildman–Crippen LogP) is 4.20. The standard InChI is InChI=1S/C20H19ClN2O5/c1-25-13-10-17(26-2)14(18(11-13)27-3)9-12-6-7-16(28-12)20(24)23-15-5-4-8-22-19(15)21/h4-8,10-11H,9H2,1-3H3,(H,23,24). The van der Waals surface area contributed by atoms with Gasteiger partial charge in [0.15, 0.2) is 10.9 Å². The van der Waals surface area contributed by atoms with Gasteiger partial charge in [-0.25, -0.2) is 4.98 Å². The first-order valence-corrected chi connectivity index (χ1v) is 8.73. The zero-order valence-electron chi connectivity index (χ0n) is 15.6. The molecule has 1 amide bonds. The lowest BCUT2D eigenvalue weighted by Crippen LogP contribution is -2.11. The summed E-state index contributed by atoms with van der Waals surface area (Å²) in [5.41, 5.74) is 1.19. The highest BCUT2D eigenvalue weighted by Gasteiger charge is 2.18. The van der Waals surface area contributed by atoms with E-state index in [0.717, 1.165) is 5.56 Å². The average Bonchev–Trinajstić information content (AvgIpc) is 3.18. The van der Waals surface area contributed by atoms with Crippen LogP contribution >= 0.6 is 11.6 Å². The third-order valence-corrected chi connectivity index (χ3v) is 4.36. The Balaban J connectivity index is 1.81. The zero-order chi connectivity index (χ0) is 20.1. The van der Waals surface area contributed by atoms with E-state index < -0.39 is 5.91 Å². The van der Waals surface area contributed by atoms with Crippen molar-refractivity contribution in [3.05, 3.63) is 64.8 Å². The number of carbonyl (C=O) groups is 1. The summed E-state index contributed by atoms with van der Waals surface area (Å²) < 4.78 is 21.8. The van der Waals surface area contributed by atoms with E-state index in [-0.39, 0.29) is 10.9 Å². The fourth-order valence-electron chi connectivity index (χ4n) is 2.68. The number of hydrogen-bond acceptors (Lipinski definition) is 6. The number of amides is 1. The van der Waals surface area contributed by atoms with Gasteiger partial charge in [0.25, 0.3) is 5.91 Å². The van der Waals surface area contributed by atoms with E-state index in [1.165, 1.54) is 0 Å². The van der Waals surface area contributed by atoms with Crippen LogP contribution in [0.1, 0.15) is 21.9 Å². The van der Waals surface area contributed by atoms with E-state index in [1.807, 2.05) is 0 Å². The predicted molar refractivity (Wildman–Crippen MR) is 105 cm³/mol. The second-order valence-corrected chi connectivity index (χ2v) is 6.11. The minimum atomic E-state index is -0.421. The maximum absolute atomic E-state index is 12.4. The molecule has 0 radical (unpaired) electrons. The Morgan fingerprint density at radius 1 is 1.11 bits per heavy atom. The summed E-state index contributed by atoms with van der Waals surface area (Å²) in [5, 5.41) is 2.87. The molecule has 2 heterocycles. The van der Waals surface area contributed by atoms with Gasteiger partial charge in [0.2, 0.25) is 0 Å². The van der Waals surface area contributed by atoms with Crippen LogP contribution in [0.4, 0.5) is 5.69 Å². The maximum Gasteiger partial charge on any atom is 0.291 e. The first-order chi connectivity index (χ1) is 13.5. The van der Waals surface area contributed by atoms with Crippen LogP contribution in [0.5, 0.6) is 17.2 Å². The van der Waals surface area contributed by atoms with Gasteiger partial charge in [-0.3, -0.25) is 4.79 Å². The zero-order valence-corrected chi connectivity index (χ0v) is 16.4. The largest absolute Gasteiger partial charge is 0.496 e. The molecule has 0 aliphatic carbocycles. The highest BCUT2D eigenvalue weighted by atomic mass is 35.5. The summed E-state index contributed by atoms with van der Waals surface area (Å²) in [4.78, 5) is 16.3. The molecule has 8 heteroatoms. The number of carbonyl (C=O) groups excluding carboxylic acids is 1. The van der Waals surface area contributed by atoms with Crippen molar-refractivity contribution < 1.29 is 23.4 Å². The molecule has 0 unspecified atom stereocenters. The number of hydrogen-bond donors (Lipinski definition) is 1. The Hall–Kier alpha value is -3.19. The lowest BCUT2D eigenvalue weighted by molar-refractivity contribution is 0.0995. The molecule has 3 aromatic rings. The van der Waals surface area contributed by atoms with Crippen molar-refractivity contribution in [2.24, 2.45) is 0 Å². The lowest BCUT2D eigenvalue weighted by atomic mass is 10.1. The molecule has 0 fully saturated rings. The molecule has 3 rings (SSSR count). The lowest BCUT2D eigenvalue weighted by Gasteiger charge is -2.14. The number of pyridine rings is 1. The summed E-state index contributed by atoms with van der Waals surface area (Å²) in [6.45, 7) is 0. The summed E-state index contributed by atoms with van der Waals surface area (Å²) >= 11 is 5.97. The van der Waals surface area contributed by atoms with E-state index >= 15 is 0 Å². The van der Waals surface area contributed by atoms with Crippen LogP contribution < -0.4 is 19.5 Å². The van der Waals surface area contributed by atoms with Gasteiger partial charge in [0, 0.05) is 30.3 Å². The monoisotopic (exact) mass is 402 g/mol. The van der Waals surface area contributed by atoms with Crippen LogP contribution in [-0.2, 0) is 6.42 Å². The van der Waals surface area contributed by atoms with E-state index in [9.17, 15) is 4.79 Å². The van der Waals surface area contributed by atoms with E-state index in [4.69, 9.17) is 30.2 Å². The number of nitrogens with one attached hydrogen (secondary N) is 1. The van der Waals surface area contributed by atoms with Crippen molar-refractivity contribution >= 4 is 23.2 Å². The molecule has 146 valence electrons. The quantitative estimate of drug-likeness (QED) is 0.596. The first kappa shape index (κ1) is 19.6.